The molecule has 2 amide bonds. The Hall–Kier alpha value is -4.53. The minimum Gasteiger partial charge on any atom is -0.485 e. The molecule has 1 atom stereocenters. The number of hydrazine groups is 1. The van der Waals surface area contributed by atoms with Gasteiger partial charge in [0.1, 0.15) is 18.1 Å². The standard InChI is InChI=1S/C24H20N2O7/c27-22(25-26-23(28)21-14-30-19-11-4-5-12-20(19)33-21)15-31-24(29)16-7-6-10-18(13-16)32-17-8-2-1-3-9-17/h1-13,21H,14-15H2,(H,25,27)(H,26,28). The molecule has 9 heteroatoms. The van der Waals surface area contributed by atoms with Crippen LogP contribution in [-0.4, -0.2) is 37.1 Å². The third-order valence-corrected chi connectivity index (χ3v) is 4.51. The van der Waals surface area contributed by atoms with Crippen molar-refractivity contribution in [3.05, 3.63) is 84.4 Å². The highest BCUT2D eigenvalue weighted by atomic mass is 16.6. The van der Waals surface area contributed by atoms with E-state index in [0.29, 0.717) is 23.0 Å². The lowest BCUT2D eigenvalue weighted by Crippen LogP contribution is -2.51. The molecule has 33 heavy (non-hydrogen) atoms. The third kappa shape index (κ3) is 5.79. The number of para-hydroxylation sites is 3. The van der Waals surface area contributed by atoms with Gasteiger partial charge >= 0.3 is 5.97 Å². The van der Waals surface area contributed by atoms with E-state index >= 15 is 0 Å². The third-order valence-electron chi connectivity index (χ3n) is 4.51. The van der Waals surface area contributed by atoms with Crippen molar-refractivity contribution in [1.82, 2.24) is 10.9 Å². The summed E-state index contributed by atoms with van der Waals surface area (Å²) in [6, 6.07) is 22.4. The van der Waals surface area contributed by atoms with Crippen LogP contribution < -0.4 is 25.1 Å². The molecule has 0 saturated heterocycles. The van der Waals surface area contributed by atoms with Crippen LogP contribution in [0, 0.1) is 0 Å². The molecule has 2 N–H and O–H groups in total. The summed E-state index contributed by atoms with van der Waals surface area (Å²) >= 11 is 0. The van der Waals surface area contributed by atoms with Crippen molar-refractivity contribution < 1.29 is 33.3 Å². The van der Waals surface area contributed by atoms with Crippen molar-refractivity contribution in [2.75, 3.05) is 13.2 Å². The Labute approximate surface area is 189 Å². The van der Waals surface area contributed by atoms with Crippen LogP contribution in [0.25, 0.3) is 0 Å². The minimum atomic E-state index is -0.935. The molecule has 0 bridgehead atoms. The fraction of sp³-hybridized carbons (Fsp3) is 0.125. The fourth-order valence-electron chi connectivity index (χ4n) is 2.92. The molecule has 1 unspecified atom stereocenters. The lowest BCUT2D eigenvalue weighted by molar-refractivity contribution is -0.135. The minimum absolute atomic E-state index is 0.00487. The van der Waals surface area contributed by atoms with Crippen LogP contribution in [0.1, 0.15) is 10.4 Å². The van der Waals surface area contributed by atoms with Crippen LogP contribution in [0.15, 0.2) is 78.9 Å². The first kappa shape index (κ1) is 21.7. The normalized spacial score (nSPS) is 14.0. The predicted molar refractivity (Wildman–Crippen MR) is 116 cm³/mol. The Morgan fingerprint density at radius 1 is 0.848 bits per heavy atom. The number of carbonyl (C=O) groups is 3. The van der Waals surface area contributed by atoms with Gasteiger partial charge in [0.2, 0.25) is 6.10 Å². The average molecular weight is 448 g/mol. The van der Waals surface area contributed by atoms with E-state index < -0.39 is 30.5 Å². The molecule has 3 aromatic carbocycles. The molecule has 0 radical (unpaired) electrons. The van der Waals surface area contributed by atoms with Crippen LogP contribution in [0.5, 0.6) is 23.0 Å². The molecule has 1 heterocycles. The summed E-state index contributed by atoms with van der Waals surface area (Å²) in [5.41, 5.74) is 4.62. The zero-order valence-electron chi connectivity index (χ0n) is 17.4. The topological polar surface area (TPSA) is 112 Å². The molecule has 1 aliphatic heterocycles. The highest BCUT2D eigenvalue weighted by Gasteiger charge is 2.27. The molecule has 0 saturated carbocycles. The lowest BCUT2D eigenvalue weighted by atomic mass is 10.2. The molecule has 168 valence electrons. The maximum atomic E-state index is 12.3. The van der Waals surface area contributed by atoms with E-state index in [1.807, 2.05) is 18.2 Å². The van der Waals surface area contributed by atoms with Crippen LogP contribution >= 0.6 is 0 Å². The zero-order chi connectivity index (χ0) is 23.0. The number of hydrogen-bond donors (Lipinski definition) is 2. The summed E-state index contributed by atoms with van der Waals surface area (Å²) in [7, 11) is 0. The van der Waals surface area contributed by atoms with Gasteiger partial charge in [-0.25, -0.2) is 4.79 Å². The van der Waals surface area contributed by atoms with E-state index in [9.17, 15) is 14.4 Å². The van der Waals surface area contributed by atoms with E-state index in [2.05, 4.69) is 10.9 Å². The quantitative estimate of drug-likeness (QED) is 0.440. The van der Waals surface area contributed by atoms with E-state index in [-0.39, 0.29) is 12.2 Å². The monoisotopic (exact) mass is 448 g/mol. The number of amides is 2. The summed E-state index contributed by atoms with van der Waals surface area (Å²) in [4.78, 5) is 36.5. The Balaban J connectivity index is 1.22. The number of esters is 1. The van der Waals surface area contributed by atoms with Crippen LogP contribution in [0.3, 0.4) is 0 Å². The predicted octanol–water partition coefficient (Wildman–Crippen LogP) is 2.62. The zero-order valence-corrected chi connectivity index (χ0v) is 17.4. The number of benzene rings is 3. The Bertz CT molecular complexity index is 1150. The average Bonchev–Trinajstić information content (AvgIpc) is 2.86. The second-order valence-electron chi connectivity index (χ2n) is 6.92. The molecule has 3 aromatic rings. The van der Waals surface area contributed by atoms with Crippen molar-refractivity contribution in [1.29, 1.82) is 0 Å². The second kappa shape index (κ2) is 10.2. The number of hydrogen-bond acceptors (Lipinski definition) is 7. The Morgan fingerprint density at radius 3 is 2.39 bits per heavy atom. The second-order valence-corrected chi connectivity index (χ2v) is 6.92. The van der Waals surface area contributed by atoms with Crippen molar-refractivity contribution >= 4 is 17.8 Å². The number of fused-ring (bicyclic) bond motifs is 1. The van der Waals surface area contributed by atoms with E-state index in [4.69, 9.17) is 18.9 Å². The Kier molecular flexibility index (Phi) is 6.70. The molecular formula is C24H20N2O7. The van der Waals surface area contributed by atoms with E-state index in [1.165, 1.54) is 12.1 Å². The van der Waals surface area contributed by atoms with Gasteiger partial charge in [-0.05, 0) is 42.5 Å². The lowest BCUT2D eigenvalue weighted by Gasteiger charge is -2.25. The van der Waals surface area contributed by atoms with E-state index in [0.717, 1.165) is 0 Å². The summed E-state index contributed by atoms with van der Waals surface area (Å²) in [6.07, 6.45) is -0.935. The number of nitrogens with one attached hydrogen (secondary N) is 2. The van der Waals surface area contributed by atoms with Gasteiger partial charge in [0.15, 0.2) is 18.1 Å². The van der Waals surface area contributed by atoms with Gasteiger partial charge in [-0.2, -0.15) is 0 Å². The maximum absolute atomic E-state index is 12.3. The number of ether oxygens (including phenoxy) is 4. The number of carbonyl (C=O) groups excluding carboxylic acids is 3. The molecule has 9 nitrogen and oxygen atoms in total. The van der Waals surface area contributed by atoms with Gasteiger partial charge in [0.25, 0.3) is 11.8 Å². The van der Waals surface area contributed by atoms with Crippen LogP contribution in [0.4, 0.5) is 0 Å². The van der Waals surface area contributed by atoms with Crippen LogP contribution in [-0.2, 0) is 14.3 Å². The van der Waals surface area contributed by atoms with E-state index in [1.54, 1.807) is 48.5 Å². The largest absolute Gasteiger partial charge is 0.485 e. The smallest absolute Gasteiger partial charge is 0.338 e. The summed E-state index contributed by atoms with van der Waals surface area (Å²) in [5, 5.41) is 0. The molecule has 0 fully saturated rings. The summed E-state index contributed by atoms with van der Waals surface area (Å²) in [6.45, 7) is -0.594. The van der Waals surface area contributed by atoms with Gasteiger partial charge in [-0.3, -0.25) is 20.4 Å². The van der Waals surface area contributed by atoms with Gasteiger partial charge in [0, 0.05) is 0 Å². The Morgan fingerprint density at radius 2 is 1.58 bits per heavy atom. The molecular weight excluding hydrogens is 428 g/mol. The van der Waals surface area contributed by atoms with Crippen molar-refractivity contribution in [3.63, 3.8) is 0 Å². The van der Waals surface area contributed by atoms with Crippen molar-refractivity contribution in [3.8, 4) is 23.0 Å². The summed E-state index contributed by atoms with van der Waals surface area (Å²) in [5.74, 6) is 0.00652. The maximum Gasteiger partial charge on any atom is 0.338 e. The van der Waals surface area contributed by atoms with Gasteiger partial charge in [0.05, 0.1) is 5.56 Å². The first-order valence-corrected chi connectivity index (χ1v) is 10.1. The highest BCUT2D eigenvalue weighted by Crippen LogP contribution is 2.30. The molecule has 0 aliphatic carbocycles. The SMILES string of the molecule is O=C(COC(=O)c1cccc(Oc2ccccc2)c1)NNC(=O)C1COc2ccccc2O1. The first-order chi connectivity index (χ1) is 16.1. The molecule has 4 rings (SSSR count). The first-order valence-electron chi connectivity index (χ1n) is 10.1. The van der Waals surface area contributed by atoms with Crippen molar-refractivity contribution in [2.45, 2.75) is 6.10 Å². The molecule has 1 aliphatic rings. The van der Waals surface area contributed by atoms with Gasteiger partial charge < -0.3 is 18.9 Å². The van der Waals surface area contributed by atoms with Crippen LogP contribution in [0.2, 0.25) is 0 Å². The highest BCUT2D eigenvalue weighted by molar-refractivity contribution is 5.92. The summed E-state index contributed by atoms with van der Waals surface area (Å²) < 4.78 is 21.7. The van der Waals surface area contributed by atoms with Gasteiger partial charge in [-0.1, -0.05) is 36.4 Å². The molecule has 0 spiro atoms. The van der Waals surface area contributed by atoms with Gasteiger partial charge in [-0.15, -0.1) is 0 Å². The molecule has 0 aromatic heterocycles. The fourth-order valence-corrected chi connectivity index (χ4v) is 2.92. The van der Waals surface area contributed by atoms with Crippen molar-refractivity contribution in [2.24, 2.45) is 0 Å². The number of rotatable bonds is 6.